The van der Waals surface area contributed by atoms with E-state index in [1.807, 2.05) is 5.40 Å². The SMILES string of the molecule is C=C(Cc1ccc(SC#N)cc1)[N+](=O)[O-]. The minimum Gasteiger partial charge on any atom is -0.259 e. The van der Waals surface area contributed by atoms with Crippen molar-refractivity contribution in [1.29, 1.82) is 5.26 Å². The number of hydrogen-bond donors (Lipinski definition) is 0. The Morgan fingerprint density at radius 3 is 2.60 bits per heavy atom. The summed E-state index contributed by atoms with van der Waals surface area (Å²) in [4.78, 5) is 10.7. The summed E-state index contributed by atoms with van der Waals surface area (Å²) in [7, 11) is 0. The molecule has 0 atom stereocenters. The number of allylic oxidation sites excluding steroid dienone is 1. The lowest BCUT2D eigenvalue weighted by molar-refractivity contribution is -0.426. The first-order valence-electron chi connectivity index (χ1n) is 4.10. The molecule has 76 valence electrons. The highest BCUT2D eigenvalue weighted by atomic mass is 32.2. The minimum atomic E-state index is -0.488. The van der Waals surface area contributed by atoms with Gasteiger partial charge in [-0.3, -0.25) is 10.1 Å². The van der Waals surface area contributed by atoms with Gasteiger partial charge in [0, 0.05) is 4.90 Å². The van der Waals surface area contributed by atoms with Crippen molar-refractivity contribution in [3.63, 3.8) is 0 Å². The summed E-state index contributed by atoms with van der Waals surface area (Å²) >= 11 is 1.06. The molecule has 0 saturated heterocycles. The van der Waals surface area contributed by atoms with Crippen molar-refractivity contribution in [1.82, 2.24) is 0 Å². The van der Waals surface area contributed by atoms with E-state index in [1.54, 1.807) is 24.3 Å². The molecule has 0 fully saturated rings. The Morgan fingerprint density at radius 2 is 2.13 bits per heavy atom. The van der Waals surface area contributed by atoms with Gasteiger partial charge in [-0.2, -0.15) is 5.26 Å². The van der Waals surface area contributed by atoms with Crippen LogP contribution in [0.2, 0.25) is 0 Å². The molecule has 0 heterocycles. The zero-order valence-electron chi connectivity index (χ0n) is 7.84. The summed E-state index contributed by atoms with van der Waals surface area (Å²) in [6.45, 7) is 3.35. The van der Waals surface area contributed by atoms with Crippen LogP contribution < -0.4 is 0 Å². The second-order valence-electron chi connectivity index (χ2n) is 2.84. The molecule has 0 unspecified atom stereocenters. The molecule has 0 radical (unpaired) electrons. The number of nitriles is 1. The summed E-state index contributed by atoms with van der Waals surface area (Å²) in [6.07, 6.45) is 0.227. The average Bonchev–Trinajstić information content (AvgIpc) is 2.21. The number of thiocyanates is 1. The molecule has 0 aliphatic carbocycles. The Balaban J connectivity index is 2.69. The zero-order chi connectivity index (χ0) is 11.3. The molecule has 0 N–H and O–H groups in total. The summed E-state index contributed by atoms with van der Waals surface area (Å²) in [5.74, 6) is 0. The van der Waals surface area contributed by atoms with Crippen LogP contribution in [-0.2, 0) is 6.42 Å². The van der Waals surface area contributed by atoms with Crippen molar-refractivity contribution >= 4 is 11.8 Å². The molecular formula is C10H8N2O2S. The maximum Gasteiger partial charge on any atom is 0.243 e. The molecule has 0 saturated carbocycles. The van der Waals surface area contributed by atoms with E-state index in [0.717, 1.165) is 22.2 Å². The average molecular weight is 220 g/mol. The van der Waals surface area contributed by atoms with E-state index in [9.17, 15) is 10.1 Å². The van der Waals surface area contributed by atoms with Gasteiger partial charge in [0.05, 0.1) is 11.3 Å². The van der Waals surface area contributed by atoms with Gasteiger partial charge in [-0.15, -0.1) is 0 Å². The predicted molar refractivity (Wildman–Crippen MR) is 57.8 cm³/mol. The molecule has 0 spiro atoms. The molecule has 0 aliphatic rings. The van der Waals surface area contributed by atoms with E-state index in [-0.39, 0.29) is 12.1 Å². The fourth-order valence-electron chi connectivity index (χ4n) is 1.03. The normalized spacial score (nSPS) is 9.27. The van der Waals surface area contributed by atoms with Crippen LogP contribution in [0.1, 0.15) is 5.56 Å². The minimum absolute atomic E-state index is 0.0318. The summed E-state index contributed by atoms with van der Waals surface area (Å²) in [6, 6.07) is 7.04. The van der Waals surface area contributed by atoms with Crippen LogP contribution in [0.5, 0.6) is 0 Å². The van der Waals surface area contributed by atoms with Crippen LogP contribution in [0.4, 0.5) is 0 Å². The predicted octanol–water partition coefficient (Wildman–Crippen LogP) is 2.59. The van der Waals surface area contributed by atoms with Crippen LogP contribution in [0.25, 0.3) is 0 Å². The van der Waals surface area contributed by atoms with Crippen molar-refractivity contribution < 1.29 is 4.92 Å². The highest BCUT2D eigenvalue weighted by molar-refractivity contribution is 8.03. The lowest BCUT2D eigenvalue weighted by Gasteiger charge is -1.99. The first kappa shape index (κ1) is 11.3. The Bertz CT molecular complexity index is 420. The van der Waals surface area contributed by atoms with E-state index in [4.69, 9.17) is 5.26 Å². The first-order chi connectivity index (χ1) is 7.13. The second kappa shape index (κ2) is 5.17. The lowest BCUT2D eigenvalue weighted by atomic mass is 10.1. The smallest absolute Gasteiger partial charge is 0.243 e. The third kappa shape index (κ3) is 3.44. The highest BCUT2D eigenvalue weighted by Gasteiger charge is 2.07. The maximum atomic E-state index is 10.3. The fourth-order valence-corrected chi connectivity index (χ4v) is 1.41. The Hall–Kier alpha value is -1.80. The van der Waals surface area contributed by atoms with Gasteiger partial charge in [0.1, 0.15) is 5.40 Å². The quantitative estimate of drug-likeness (QED) is 0.338. The van der Waals surface area contributed by atoms with Crippen LogP contribution in [0.15, 0.2) is 41.4 Å². The van der Waals surface area contributed by atoms with Gasteiger partial charge in [0.15, 0.2) is 0 Å². The lowest BCUT2D eigenvalue weighted by Crippen LogP contribution is -2.00. The van der Waals surface area contributed by atoms with Gasteiger partial charge in [-0.1, -0.05) is 12.1 Å². The maximum absolute atomic E-state index is 10.3. The van der Waals surface area contributed by atoms with Gasteiger partial charge in [-0.25, -0.2) is 0 Å². The molecule has 0 amide bonds. The number of nitrogens with zero attached hydrogens (tertiary/aromatic N) is 2. The van der Waals surface area contributed by atoms with Crippen molar-refractivity contribution in [2.24, 2.45) is 0 Å². The molecule has 0 aliphatic heterocycles. The highest BCUT2D eigenvalue weighted by Crippen LogP contribution is 2.17. The van der Waals surface area contributed by atoms with E-state index < -0.39 is 4.92 Å². The van der Waals surface area contributed by atoms with Crippen LogP contribution in [0, 0.1) is 20.8 Å². The van der Waals surface area contributed by atoms with Crippen molar-refractivity contribution in [3.05, 3.63) is 52.2 Å². The summed E-state index contributed by atoms with van der Waals surface area (Å²) < 4.78 is 0. The molecule has 1 aromatic carbocycles. The van der Waals surface area contributed by atoms with Crippen molar-refractivity contribution in [2.75, 3.05) is 0 Å². The van der Waals surface area contributed by atoms with Crippen LogP contribution >= 0.6 is 11.8 Å². The number of nitro groups is 1. The number of benzene rings is 1. The van der Waals surface area contributed by atoms with Gasteiger partial charge in [0.2, 0.25) is 5.70 Å². The standard InChI is InChI=1S/C10H8N2O2S/c1-8(12(13)14)6-9-2-4-10(5-3-9)15-7-11/h2-5H,1,6H2. The van der Waals surface area contributed by atoms with E-state index in [1.165, 1.54) is 0 Å². The molecule has 0 aromatic heterocycles. The largest absolute Gasteiger partial charge is 0.259 e. The molecular weight excluding hydrogens is 212 g/mol. The van der Waals surface area contributed by atoms with Crippen LogP contribution in [0.3, 0.4) is 0 Å². The number of thioether (sulfide) groups is 1. The molecule has 4 nitrogen and oxygen atoms in total. The van der Waals surface area contributed by atoms with E-state index >= 15 is 0 Å². The monoisotopic (exact) mass is 220 g/mol. The number of rotatable bonds is 4. The molecule has 0 bridgehead atoms. The van der Waals surface area contributed by atoms with Gasteiger partial charge in [-0.05, 0) is 36.0 Å². The van der Waals surface area contributed by atoms with Gasteiger partial charge in [0.25, 0.3) is 0 Å². The second-order valence-corrected chi connectivity index (χ2v) is 3.70. The third-order valence-electron chi connectivity index (χ3n) is 1.75. The van der Waals surface area contributed by atoms with Crippen molar-refractivity contribution in [3.8, 4) is 5.40 Å². The van der Waals surface area contributed by atoms with E-state index in [2.05, 4.69) is 6.58 Å². The van der Waals surface area contributed by atoms with E-state index in [0.29, 0.717) is 0 Å². The van der Waals surface area contributed by atoms with Gasteiger partial charge >= 0.3 is 0 Å². The first-order valence-corrected chi connectivity index (χ1v) is 4.92. The Labute approximate surface area is 91.4 Å². The summed E-state index contributed by atoms with van der Waals surface area (Å²) in [5.41, 5.74) is 0.787. The molecule has 1 aromatic rings. The van der Waals surface area contributed by atoms with Crippen molar-refractivity contribution in [2.45, 2.75) is 11.3 Å². The van der Waals surface area contributed by atoms with Crippen LogP contribution in [-0.4, -0.2) is 4.92 Å². The molecule has 1 rings (SSSR count). The fraction of sp³-hybridized carbons (Fsp3) is 0.100. The Kier molecular flexibility index (Phi) is 3.89. The molecule has 15 heavy (non-hydrogen) atoms. The number of hydrogen-bond acceptors (Lipinski definition) is 4. The van der Waals surface area contributed by atoms with Gasteiger partial charge < -0.3 is 0 Å². The summed E-state index contributed by atoms with van der Waals surface area (Å²) in [5, 5.41) is 20.7. The Morgan fingerprint density at radius 1 is 1.53 bits per heavy atom. The molecule has 5 heteroatoms. The topological polar surface area (TPSA) is 66.9 Å². The zero-order valence-corrected chi connectivity index (χ0v) is 8.66. The third-order valence-corrected chi connectivity index (χ3v) is 2.35.